The van der Waals surface area contributed by atoms with Crippen molar-refractivity contribution in [3.8, 4) is 0 Å². The molecule has 2 saturated heterocycles. The monoisotopic (exact) mass is 306 g/mol. The standard InChI is InChI=1S/C18H26O4/c1-17(14(22-17)8-7-12-5-3-4-6-12)16-15(20-2)13(19)9-10-18(16)11-21-18/h7,14-16H,3-6,8-11H2,1-2H3. The summed E-state index contributed by atoms with van der Waals surface area (Å²) in [6.07, 6.45) is 9.71. The largest absolute Gasteiger partial charge is 0.373 e. The number of ketones is 1. The Morgan fingerprint density at radius 1 is 1.32 bits per heavy atom. The number of methoxy groups -OCH3 is 1. The number of allylic oxidation sites excluding steroid dienone is 1. The fraction of sp³-hybridized carbons (Fsp3) is 0.833. The highest BCUT2D eigenvalue weighted by atomic mass is 16.6. The van der Waals surface area contributed by atoms with Gasteiger partial charge in [0, 0.05) is 13.5 Å². The van der Waals surface area contributed by atoms with Gasteiger partial charge in [-0.15, -0.1) is 0 Å². The van der Waals surface area contributed by atoms with Crippen LogP contribution >= 0.6 is 0 Å². The van der Waals surface area contributed by atoms with Gasteiger partial charge in [-0.2, -0.15) is 0 Å². The van der Waals surface area contributed by atoms with Gasteiger partial charge in [-0.25, -0.2) is 0 Å². The third-order valence-electron chi connectivity index (χ3n) is 6.21. The molecule has 2 saturated carbocycles. The Morgan fingerprint density at radius 2 is 2.05 bits per heavy atom. The van der Waals surface area contributed by atoms with Gasteiger partial charge in [0.15, 0.2) is 5.78 Å². The van der Waals surface area contributed by atoms with Gasteiger partial charge in [-0.05, 0) is 45.4 Å². The minimum atomic E-state index is -0.370. The van der Waals surface area contributed by atoms with E-state index in [4.69, 9.17) is 14.2 Å². The van der Waals surface area contributed by atoms with Gasteiger partial charge < -0.3 is 14.2 Å². The van der Waals surface area contributed by atoms with Crippen molar-refractivity contribution < 1.29 is 19.0 Å². The summed E-state index contributed by atoms with van der Waals surface area (Å²) >= 11 is 0. The quantitative estimate of drug-likeness (QED) is 0.592. The molecule has 0 radical (unpaired) electrons. The molecule has 2 heterocycles. The molecular formula is C18H26O4. The molecule has 4 nitrogen and oxygen atoms in total. The molecule has 4 fully saturated rings. The van der Waals surface area contributed by atoms with Crippen LogP contribution in [0.25, 0.3) is 0 Å². The zero-order valence-corrected chi connectivity index (χ0v) is 13.6. The molecule has 4 heteroatoms. The Hall–Kier alpha value is -0.710. The van der Waals surface area contributed by atoms with Crippen molar-refractivity contribution >= 4 is 5.78 Å². The van der Waals surface area contributed by atoms with Gasteiger partial charge in [0.1, 0.15) is 17.3 Å². The number of carbonyl (C=O) groups excluding carboxylic acids is 1. The molecule has 0 amide bonds. The Bertz CT molecular complexity index is 499. The minimum Gasteiger partial charge on any atom is -0.373 e. The normalized spacial score (nSPS) is 47.1. The fourth-order valence-corrected chi connectivity index (χ4v) is 4.74. The average Bonchev–Trinajstić information content (AvgIpc) is 3.35. The van der Waals surface area contributed by atoms with Crippen molar-refractivity contribution in [2.75, 3.05) is 13.7 Å². The highest BCUT2D eigenvalue weighted by molar-refractivity contribution is 5.85. The minimum absolute atomic E-state index is 0.0400. The van der Waals surface area contributed by atoms with Crippen LogP contribution in [0.15, 0.2) is 11.6 Å². The second-order valence-corrected chi connectivity index (χ2v) is 7.55. The van der Waals surface area contributed by atoms with Crippen LogP contribution in [-0.4, -0.2) is 42.9 Å². The first-order chi connectivity index (χ1) is 10.6. The van der Waals surface area contributed by atoms with Crippen LogP contribution in [0, 0.1) is 5.92 Å². The van der Waals surface area contributed by atoms with E-state index in [1.807, 2.05) is 0 Å². The van der Waals surface area contributed by atoms with Crippen molar-refractivity contribution in [1.82, 2.24) is 0 Å². The summed E-state index contributed by atoms with van der Waals surface area (Å²) in [6, 6.07) is 0. The van der Waals surface area contributed by atoms with Crippen molar-refractivity contribution in [2.45, 2.75) is 75.3 Å². The van der Waals surface area contributed by atoms with Crippen LogP contribution < -0.4 is 0 Å². The van der Waals surface area contributed by atoms with Crippen molar-refractivity contribution in [1.29, 1.82) is 0 Å². The first kappa shape index (κ1) is 14.9. The van der Waals surface area contributed by atoms with E-state index in [0.717, 1.165) is 19.4 Å². The molecule has 1 spiro atoms. The Balaban J connectivity index is 1.50. The van der Waals surface area contributed by atoms with Gasteiger partial charge >= 0.3 is 0 Å². The number of hydrogen-bond acceptors (Lipinski definition) is 4. The van der Waals surface area contributed by atoms with E-state index in [0.29, 0.717) is 6.42 Å². The summed E-state index contributed by atoms with van der Waals surface area (Å²) < 4.78 is 17.5. The second kappa shape index (κ2) is 5.15. The molecule has 4 aliphatic rings. The van der Waals surface area contributed by atoms with Crippen molar-refractivity contribution in [2.24, 2.45) is 5.92 Å². The number of ether oxygens (including phenoxy) is 3. The summed E-state index contributed by atoms with van der Waals surface area (Å²) in [5, 5.41) is 0. The fourth-order valence-electron chi connectivity index (χ4n) is 4.74. The molecule has 0 aromatic rings. The van der Waals surface area contributed by atoms with E-state index in [2.05, 4.69) is 13.0 Å². The van der Waals surface area contributed by atoms with Crippen molar-refractivity contribution in [3.05, 3.63) is 11.6 Å². The lowest BCUT2D eigenvalue weighted by atomic mass is 9.69. The van der Waals surface area contributed by atoms with E-state index >= 15 is 0 Å². The number of hydrogen-bond donors (Lipinski definition) is 0. The first-order valence-corrected chi connectivity index (χ1v) is 8.64. The van der Waals surface area contributed by atoms with Crippen LogP contribution in [-0.2, 0) is 19.0 Å². The van der Waals surface area contributed by atoms with E-state index < -0.39 is 0 Å². The maximum atomic E-state index is 12.3. The van der Waals surface area contributed by atoms with Gasteiger partial charge in [0.2, 0.25) is 0 Å². The van der Waals surface area contributed by atoms with Crippen LogP contribution in [0.4, 0.5) is 0 Å². The Labute approximate surface area is 132 Å². The summed E-state index contributed by atoms with van der Waals surface area (Å²) in [6.45, 7) is 2.89. The van der Waals surface area contributed by atoms with Gasteiger partial charge in [-0.3, -0.25) is 4.79 Å². The number of epoxide rings is 2. The third-order valence-corrected chi connectivity index (χ3v) is 6.21. The van der Waals surface area contributed by atoms with Crippen LogP contribution in [0.5, 0.6) is 0 Å². The van der Waals surface area contributed by atoms with Gasteiger partial charge in [-0.1, -0.05) is 11.6 Å². The molecule has 122 valence electrons. The summed E-state index contributed by atoms with van der Waals surface area (Å²) in [4.78, 5) is 12.3. The van der Waals surface area contributed by atoms with Crippen molar-refractivity contribution in [3.63, 3.8) is 0 Å². The molecule has 4 rings (SSSR count). The maximum absolute atomic E-state index is 12.3. The third kappa shape index (κ3) is 2.27. The number of Topliss-reactive ketones (excluding diaryl/α,β-unsaturated/α-hetero) is 1. The van der Waals surface area contributed by atoms with Crippen LogP contribution in [0.1, 0.15) is 51.9 Å². The van der Waals surface area contributed by atoms with Gasteiger partial charge in [0.25, 0.3) is 0 Å². The molecule has 2 aliphatic carbocycles. The molecule has 0 N–H and O–H groups in total. The molecule has 0 bridgehead atoms. The lowest BCUT2D eigenvalue weighted by molar-refractivity contribution is -0.142. The second-order valence-electron chi connectivity index (χ2n) is 7.55. The van der Waals surface area contributed by atoms with E-state index in [1.165, 1.54) is 25.7 Å². The molecule has 0 aromatic heterocycles. The Morgan fingerprint density at radius 3 is 2.68 bits per heavy atom. The molecule has 0 aromatic carbocycles. The average molecular weight is 306 g/mol. The highest BCUT2D eigenvalue weighted by Crippen LogP contribution is 2.58. The predicted octanol–water partition coefficient (Wildman–Crippen LogP) is 2.80. The highest BCUT2D eigenvalue weighted by Gasteiger charge is 2.71. The van der Waals surface area contributed by atoms with E-state index in [-0.39, 0.29) is 35.1 Å². The summed E-state index contributed by atoms with van der Waals surface area (Å²) in [7, 11) is 1.64. The van der Waals surface area contributed by atoms with Gasteiger partial charge in [0.05, 0.1) is 18.6 Å². The summed E-state index contributed by atoms with van der Waals surface area (Å²) in [5.41, 5.74) is 1.14. The molecule has 2 aliphatic heterocycles. The zero-order valence-electron chi connectivity index (χ0n) is 13.6. The molecule has 22 heavy (non-hydrogen) atoms. The maximum Gasteiger partial charge on any atom is 0.162 e. The Kier molecular flexibility index (Phi) is 3.48. The lowest BCUT2D eigenvalue weighted by Gasteiger charge is -2.37. The smallest absolute Gasteiger partial charge is 0.162 e. The topological polar surface area (TPSA) is 51.4 Å². The molecule has 5 atom stereocenters. The number of rotatable bonds is 4. The van der Waals surface area contributed by atoms with E-state index in [1.54, 1.807) is 12.7 Å². The zero-order chi connectivity index (χ0) is 15.4. The molecule has 5 unspecified atom stereocenters. The van der Waals surface area contributed by atoms with E-state index in [9.17, 15) is 4.79 Å². The summed E-state index contributed by atoms with van der Waals surface area (Å²) in [5.74, 6) is 0.247. The SMILES string of the molecule is COC1C(=O)CCC2(CO2)C1C1(C)OC1CC=C1CCCC1. The first-order valence-electron chi connectivity index (χ1n) is 8.64. The predicted molar refractivity (Wildman–Crippen MR) is 81.7 cm³/mol. The van der Waals surface area contributed by atoms with Crippen LogP contribution in [0.3, 0.4) is 0 Å². The van der Waals surface area contributed by atoms with Crippen LogP contribution in [0.2, 0.25) is 0 Å². The molecular weight excluding hydrogens is 280 g/mol. The lowest BCUT2D eigenvalue weighted by Crippen LogP contribution is -2.52. The number of carbonyl (C=O) groups is 1.